The van der Waals surface area contributed by atoms with E-state index in [-0.39, 0.29) is 4.84 Å². The average Bonchev–Trinajstić information content (AvgIpc) is 3.18. The molecule has 0 bridgehead atoms. The molecule has 0 atom stereocenters. The van der Waals surface area contributed by atoms with Gasteiger partial charge in [0.25, 0.3) is 4.84 Å². The summed E-state index contributed by atoms with van der Waals surface area (Å²) < 4.78 is 13.7. The number of aromatic amines is 1. The second-order valence-electron chi connectivity index (χ2n) is 6.35. The van der Waals surface area contributed by atoms with Gasteiger partial charge in [-0.1, -0.05) is 29.8 Å². The summed E-state index contributed by atoms with van der Waals surface area (Å²) >= 11 is 4.99. The molecule has 2 aromatic carbocycles. The molecule has 5 nitrogen and oxygen atoms in total. The molecule has 2 heterocycles. The van der Waals surface area contributed by atoms with E-state index in [1.54, 1.807) is 0 Å². The van der Waals surface area contributed by atoms with Gasteiger partial charge in [-0.25, -0.2) is 5.10 Å². The number of fused-ring (bicyclic) bond motifs is 3. The maximum absolute atomic E-state index is 6.05. The predicted molar refractivity (Wildman–Crippen MR) is 105 cm³/mol. The SMILES string of the molecule is CC(C)=CCOc1cccc2c1c1ccccc1n2Cc1n[nH]c(=S)o1. The maximum atomic E-state index is 6.05. The fourth-order valence-corrected chi connectivity index (χ4v) is 3.26. The van der Waals surface area contributed by atoms with E-state index < -0.39 is 0 Å². The number of aromatic nitrogens is 3. The van der Waals surface area contributed by atoms with Gasteiger partial charge in [-0.05, 0) is 50.3 Å². The minimum absolute atomic E-state index is 0.284. The summed E-state index contributed by atoms with van der Waals surface area (Å²) in [4.78, 5) is 0.284. The van der Waals surface area contributed by atoms with Crippen LogP contribution in [0.5, 0.6) is 5.75 Å². The molecule has 1 N–H and O–H groups in total. The fourth-order valence-electron chi connectivity index (χ4n) is 3.12. The number of hydrogen-bond acceptors (Lipinski definition) is 4. The topological polar surface area (TPSA) is 56.0 Å². The number of hydrogen-bond donors (Lipinski definition) is 1. The van der Waals surface area contributed by atoms with Crippen LogP contribution in [0.4, 0.5) is 0 Å². The van der Waals surface area contributed by atoms with E-state index in [0.29, 0.717) is 19.0 Å². The lowest BCUT2D eigenvalue weighted by molar-refractivity contribution is 0.366. The third kappa shape index (κ3) is 3.04. The molecule has 0 amide bonds. The highest BCUT2D eigenvalue weighted by Crippen LogP contribution is 2.36. The first-order valence-corrected chi connectivity index (χ1v) is 8.85. The highest BCUT2D eigenvalue weighted by molar-refractivity contribution is 7.71. The third-order valence-corrected chi connectivity index (χ3v) is 4.44. The highest BCUT2D eigenvalue weighted by Gasteiger charge is 2.15. The van der Waals surface area contributed by atoms with Gasteiger partial charge in [-0.2, -0.15) is 0 Å². The van der Waals surface area contributed by atoms with E-state index in [4.69, 9.17) is 21.4 Å². The summed E-state index contributed by atoms with van der Waals surface area (Å²) in [6.45, 7) is 5.18. The molecule has 0 aliphatic heterocycles. The van der Waals surface area contributed by atoms with Gasteiger partial charge in [0, 0.05) is 16.3 Å². The van der Waals surface area contributed by atoms with E-state index in [0.717, 1.165) is 27.6 Å². The van der Waals surface area contributed by atoms with Crippen LogP contribution in [0.2, 0.25) is 0 Å². The Balaban J connectivity index is 1.88. The molecule has 132 valence electrons. The number of benzene rings is 2. The van der Waals surface area contributed by atoms with Gasteiger partial charge >= 0.3 is 0 Å². The molecule has 0 aliphatic rings. The molecule has 0 saturated carbocycles. The number of nitrogens with zero attached hydrogens (tertiary/aromatic N) is 2. The lowest BCUT2D eigenvalue weighted by Crippen LogP contribution is -2.00. The van der Waals surface area contributed by atoms with Gasteiger partial charge in [0.15, 0.2) is 0 Å². The lowest BCUT2D eigenvalue weighted by Gasteiger charge is -2.07. The maximum Gasteiger partial charge on any atom is 0.284 e. The fraction of sp³-hybridized carbons (Fsp3) is 0.200. The van der Waals surface area contributed by atoms with Crippen molar-refractivity contribution in [1.82, 2.24) is 14.8 Å². The number of ether oxygens (including phenoxy) is 1. The van der Waals surface area contributed by atoms with Crippen molar-refractivity contribution in [3.8, 4) is 5.75 Å². The Labute approximate surface area is 155 Å². The standard InChI is InChI=1S/C20H19N3O2S/c1-13(2)10-11-24-17-9-5-8-16-19(17)14-6-3-4-7-15(14)23(16)12-18-21-22-20(26)25-18/h3-10H,11-12H2,1-2H3,(H,22,26). The van der Waals surface area contributed by atoms with Crippen LogP contribution in [0.25, 0.3) is 21.8 Å². The summed E-state index contributed by atoms with van der Waals surface area (Å²) in [5.41, 5.74) is 3.41. The van der Waals surface area contributed by atoms with Crippen LogP contribution < -0.4 is 4.74 Å². The molecule has 4 rings (SSSR count). The molecule has 2 aromatic heterocycles. The first-order chi connectivity index (χ1) is 12.6. The smallest absolute Gasteiger partial charge is 0.284 e. The first-order valence-electron chi connectivity index (χ1n) is 8.44. The zero-order valence-electron chi connectivity index (χ0n) is 14.7. The minimum atomic E-state index is 0.284. The first kappa shape index (κ1) is 16.6. The van der Waals surface area contributed by atoms with Crippen LogP contribution >= 0.6 is 12.2 Å². The Kier molecular flexibility index (Phi) is 4.34. The van der Waals surface area contributed by atoms with Crippen molar-refractivity contribution in [2.24, 2.45) is 0 Å². The monoisotopic (exact) mass is 365 g/mol. The van der Waals surface area contributed by atoms with Crippen molar-refractivity contribution in [2.45, 2.75) is 20.4 Å². The van der Waals surface area contributed by atoms with Crippen LogP contribution in [-0.4, -0.2) is 21.4 Å². The van der Waals surface area contributed by atoms with Gasteiger partial charge in [0.05, 0.1) is 5.52 Å². The Morgan fingerprint density at radius 1 is 1.19 bits per heavy atom. The largest absolute Gasteiger partial charge is 0.489 e. The molecule has 0 aliphatic carbocycles. The number of H-pyrrole nitrogens is 1. The van der Waals surface area contributed by atoms with Crippen LogP contribution in [-0.2, 0) is 6.54 Å². The van der Waals surface area contributed by atoms with Crippen molar-refractivity contribution in [1.29, 1.82) is 0 Å². The van der Waals surface area contributed by atoms with Crippen LogP contribution in [0.15, 0.2) is 58.5 Å². The minimum Gasteiger partial charge on any atom is -0.489 e. The van der Waals surface area contributed by atoms with E-state index in [2.05, 4.69) is 52.9 Å². The Hall–Kier alpha value is -2.86. The summed E-state index contributed by atoms with van der Waals surface area (Å²) in [7, 11) is 0. The molecular weight excluding hydrogens is 346 g/mol. The zero-order chi connectivity index (χ0) is 18.1. The summed E-state index contributed by atoms with van der Waals surface area (Å²) in [6.07, 6.45) is 2.08. The molecule has 26 heavy (non-hydrogen) atoms. The van der Waals surface area contributed by atoms with Crippen molar-refractivity contribution in [2.75, 3.05) is 6.61 Å². The summed E-state index contributed by atoms with van der Waals surface area (Å²) in [5, 5.41) is 9.06. The van der Waals surface area contributed by atoms with Gasteiger partial charge in [0.1, 0.15) is 18.9 Å². The average molecular weight is 365 g/mol. The van der Waals surface area contributed by atoms with E-state index in [1.165, 1.54) is 5.57 Å². The van der Waals surface area contributed by atoms with Gasteiger partial charge in [-0.3, -0.25) is 0 Å². The normalized spacial score (nSPS) is 11.2. The molecule has 0 radical (unpaired) electrons. The quantitative estimate of drug-likeness (QED) is 0.388. The Morgan fingerprint density at radius 3 is 2.77 bits per heavy atom. The second-order valence-corrected chi connectivity index (χ2v) is 6.72. The van der Waals surface area contributed by atoms with Crippen molar-refractivity contribution in [3.63, 3.8) is 0 Å². The van der Waals surface area contributed by atoms with Gasteiger partial charge < -0.3 is 13.7 Å². The van der Waals surface area contributed by atoms with E-state index in [1.807, 2.05) is 24.3 Å². The Morgan fingerprint density at radius 2 is 2.00 bits per heavy atom. The third-order valence-electron chi connectivity index (χ3n) is 4.27. The van der Waals surface area contributed by atoms with Gasteiger partial charge in [-0.15, -0.1) is 5.10 Å². The van der Waals surface area contributed by atoms with Gasteiger partial charge in [0.2, 0.25) is 5.89 Å². The second kappa shape index (κ2) is 6.80. The molecule has 0 unspecified atom stereocenters. The molecule has 0 spiro atoms. The van der Waals surface area contributed by atoms with Crippen LogP contribution in [0.1, 0.15) is 19.7 Å². The number of allylic oxidation sites excluding steroid dienone is 1. The van der Waals surface area contributed by atoms with E-state index >= 15 is 0 Å². The van der Waals surface area contributed by atoms with Crippen molar-refractivity contribution >= 4 is 34.0 Å². The van der Waals surface area contributed by atoms with Crippen molar-refractivity contribution < 1.29 is 9.15 Å². The molecular formula is C20H19N3O2S. The Bertz CT molecular complexity index is 1160. The summed E-state index contributed by atoms with van der Waals surface area (Å²) in [6, 6.07) is 14.4. The molecule has 6 heteroatoms. The number of nitrogens with one attached hydrogen (secondary N) is 1. The van der Waals surface area contributed by atoms with Crippen molar-refractivity contribution in [3.05, 3.63) is 64.8 Å². The zero-order valence-corrected chi connectivity index (χ0v) is 15.5. The van der Waals surface area contributed by atoms with E-state index in [9.17, 15) is 0 Å². The predicted octanol–water partition coefficient (Wildman–Crippen LogP) is 5.23. The molecule has 4 aromatic rings. The molecule has 0 saturated heterocycles. The highest BCUT2D eigenvalue weighted by atomic mass is 32.1. The number of rotatable bonds is 5. The van der Waals surface area contributed by atoms with Crippen LogP contribution in [0.3, 0.4) is 0 Å². The molecule has 0 fully saturated rings. The van der Waals surface area contributed by atoms with Crippen LogP contribution in [0, 0.1) is 4.84 Å². The number of para-hydroxylation sites is 1. The summed E-state index contributed by atoms with van der Waals surface area (Å²) in [5.74, 6) is 1.42. The lowest BCUT2D eigenvalue weighted by atomic mass is 10.1.